The molecule has 0 bridgehead atoms. The van der Waals surface area contributed by atoms with E-state index in [2.05, 4.69) is 41.4 Å². The number of anilines is 2. The largest absolute Gasteiger partial charge is 0.389 e. The SMILES string of the molecule is CC1CCC(C)(O)CN1c1nc(-c2noc3c2CCCC32CCCc3sc(N)c(C#N)c32)nc2c1cnn2C(C)C1CCCN1C. The molecule has 6 heterocycles. The van der Waals surface area contributed by atoms with Crippen LogP contribution in [0.2, 0.25) is 0 Å². The summed E-state index contributed by atoms with van der Waals surface area (Å²) in [4.78, 5) is 16.3. The van der Waals surface area contributed by atoms with Gasteiger partial charge in [-0.15, -0.1) is 11.3 Å². The van der Waals surface area contributed by atoms with Crippen molar-refractivity contribution in [2.24, 2.45) is 0 Å². The number of piperidine rings is 1. The third-order valence-corrected chi connectivity index (χ3v) is 12.5. The van der Waals surface area contributed by atoms with Crippen LogP contribution in [0.1, 0.15) is 106 Å². The van der Waals surface area contributed by atoms with Crippen molar-refractivity contribution in [1.82, 2.24) is 29.8 Å². The van der Waals surface area contributed by atoms with E-state index in [9.17, 15) is 10.4 Å². The predicted molar refractivity (Wildman–Crippen MR) is 178 cm³/mol. The Labute approximate surface area is 273 Å². The zero-order valence-corrected chi connectivity index (χ0v) is 28.0. The average molecular weight is 642 g/mol. The van der Waals surface area contributed by atoms with Gasteiger partial charge in [0.2, 0.25) is 0 Å². The highest BCUT2D eigenvalue weighted by molar-refractivity contribution is 7.16. The number of nitrogen functional groups attached to an aromatic ring is 1. The van der Waals surface area contributed by atoms with Gasteiger partial charge in [-0.25, -0.2) is 14.6 Å². The molecule has 2 fully saturated rings. The predicted octanol–water partition coefficient (Wildman–Crippen LogP) is 5.35. The van der Waals surface area contributed by atoms with E-state index in [1.807, 2.05) is 13.1 Å². The molecule has 0 saturated carbocycles. The van der Waals surface area contributed by atoms with Crippen LogP contribution in [-0.4, -0.2) is 72.7 Å². The zero-order chi connectivity index (χ0) is 32.0. The number of β-amino-alcohol motifs (C(OH)–C–C–N with tert-alkyl or cyclic N) is 1. The van der Waals surface area contributed by atoms with Gasteiger partial charge in [-0.05, 0) is 104 Å². The van der Waals surface area contributed by atoms with E-state index < -0.39 is 11.0 Å². The Hall–Kier alpha value is -3.53. The van der Waals surface area contributed by atoms with Gasteiger partial charge in [0.25, 0.3) is 0 Å². The lowest BCUT2D eigenvalue weighted by atomic mass is 9.63. The topological polar surface area (TPSA) is 146 Å². The van der Waals surface area contributed by atoms with E-state index in [1.54, 1.807) is 11.3 Å². The lowest BCUT2D eigenvalue weighted by Gasteiger charge is -2.42. The third kappa shape index (κ3) is 4.42. The number of nitrogens with zero attached hydrogens (tertiary/aromatic N) is 8. The maximum Gasteiger partial charge on any atom is 0.186 e. The Morgan fingerprint density at radius 2 is 1.98 bits per heavy atom. The van der Waals surface area contributed by atoms with E-state index in [-0.39, 0.29) is 12.1 Å². The summed E-state index contributed by atoms with van der Waals surface area (Å²) in [6.45, 7) is 7.90. The fourth-order valence-electron chi connectivity index (χ4n) is 9.02. The summed E-state index contributed by atoms with van der Waals surface area (Å²) < 4.78 is 8.42. The van der Waals surface area contributed by atoms with Gasteiger partial charge in [-0.2, -0.15) is 10.4 Å². The first-order valence-corrected chi connectivity index (χ1v) is 17.7. The molecule has 0 radical (unpaired) electrons. The number of likely N-dealkylation sites (N-methyl/N-ethyl adjacent to an activating group) is 1. The molecule has 0 amide bonds. The number of hydrogen-bond acceptors (Lipinski definition) is 11. The first kappa shape index (κ1) is 29.8. The second kappa shape index (κ2) is 10.8. The van der Waals surface area contributed by atoms with Gasteiger partial charge in [-0.3, -0.25) is 0 Å². The lowest BCUT2D eigenvalue weighted by molar-refractivity contribution is 0.0377. The van der Waals surface area contributed by atoms with Crippen LogP contribution < -0.4 is 10.6 Å². The maximum absolute atomic E-state index is 11.2. The number of aryl methyl sites for hydroxylation is 1. The molecule has 11 nitrogen and oxygen atoms in total. The summed E-state index contributed by atoms with van der Waals surface area (Å²) in [5.74, 6) is 2.15. The molecule has 0 aromatic carbocycles. The minimum atomic E-state index is -0.821. The summed E-state index contributed by atoms with van der Waals surface area (Å²) in [7, 11) is 2.19. The van der Waals surface area contributed by atoms with Crippen molar-refractivity contribution in [2.45, 2.75) is 114 Å². The molecule has 2 aliphatic carbocycles. The van der Waals surface area contributed by atoms with Crippen LogP contribution in [-0.2, 0) is 18.3 Å². The van der Waals surface area contributed by atoms with E-state index in [0.717, 1.165) is 98.1 Å². The molecule has 5 unspecified atom stereocenters. The Morgan fingerprint density at radius 1 is 1.17 bits per heavy atom. The number of thiophene rings is 1. The van der Waals surface area contributed by atoms with Crippen LogP contribution in [0.25, 0.3) is 22.6 Å². The molecule has 3 N–H and O–H groups in total. The summed E-state index contributed by atoms with van der Waals surface area (Å²) in [6.07, 6.45) is 11.3. The van der Waals surface area contributed by atoms with Crippen molar-refractivity contribution in [3.05, 3.63) is 33.5 Å². The highest BCUT2D eigenvalue weighted by Crippen LogP contribution is 2.55. The molecule has 4 aliphatic rings. The monoisotopic (exact) mass is 641 g/mol. The van der Waals surface area contributed by atoms with Crippen molar-refractivity contribution in [3.8, 4) is 17.6 Å². The van der Waals surface area contributed by atoms with Crippen LogP contribution in [0.5, 0.6) is 0 Å². The molecule has 1 spiro atoms. The normalized spacial score (nSPS) is 28.8. The van der Waals surface area contributed by atoms with Crippen LogP contribution in [0.3, 0.4) is 0 Å². The zero-order valence-electron chi connectivity index (χ0n) is 27.2. The molecular weight excluding hydrogens is 599 g/mol. The Morgan fingerprint density at radius 3 is 2.74 bits per heavy atom. The highest BCUT2D eigenvalue weighted by atomic mass is 32.1. The number of aliphatic hydroxyl groups is 1. The quantitative estimate of drug-likeness (QED) is 0.299. The van der Waals surface area contributed by atoms with Crippen LogP contribution in [0.15, 0.2) is 10.7 Å². The number of nitrogens with two attached hydrogens (primary N) is 1. The summed E-state index contributed by atoms with van der Waals surface area (Å²) in [6, 6.07) is 3.09. The number of aromatic nitrogens is 5. The Balaban J connectivity index is 1.31. The van der Waals surface area contributed by atoms with Gasteiger partial charge >= 0.3 is 0 Å². The summed E-state index contributed by atoms with van der Waals surface area (Å²) in [5, 5.41) is 32.5. The van der Waals surface area contributed by atoms with Crippen LogP contribution in [0, 0.1) is 11.3 Å². The fraction of sp³-hybridized carbons (Fsp3) is 0.618. The number of hydrogen-bond donors (Lipinski definition) is 2. The molecule has 2 saturated heterocycles. The smallest absolute Gasteiger partial charge is 0.186 e. The summed E-state index contributed by atoms with van der Waals surface area (Å²) in [5.41, 5.74) is 9.29. The number of fused-ring (bicyclic) bond motifs is 5. The molecule has 8 rings (SSSR count). The van der Waals surface area contributed by atoms with Gasteiger partial charge in [0.05, 0.1) is 34.2 Å². The van der Waals surface area contributed by atoms with E-state index in [1.165, 1.54) is 11.3 Å². The Kier molecular flexibility index (Phi) is 6.98. The number of nitriles is 1. The van der Waals surface area contributed by atoms with Gasteiger partial charge in [0.15, 0.2) is 22.9 Å². The van der Waals surface area contributed by atoms with E-state index in [0.29, 0.717) is 34.7 Å². The van der Waals surface area contributed by atoms with Gasteiger partial charge < -0.3 is 25.2 Å². The Bertz CT molecular complexity index is 1860. The molecule has 5 atom stereocenters. The van der Waals surface area contributed by atoms with E-state index >= 15 is 0 Å². The molecule has 46 heavy (non-hydrogen) atoms. The molecule has 4 aromatic heterocycles. The average Bonchev–Trinajstić information content (AvgIpc) is 3.83. The second-order valence-corrected chi connectivity index (χ2v) is 15.7. The highest BCUT2D eigenvalue weighted by Gasteiger charge is 2.49. The number of likely N-dealkylation sites (tertiary alicyclic amines) is 1. The second-order valence-electron chi connectivity index (χ2n) is 14.5. The van der Waals surface area contributed by atoms with Crippen LogP contribution >= 0.6 is 11.3 Å². The van der Waals surface area contributed by atoms with Crippen molar-refractivity contribution in [1.29, 1.82) is 5.26 Å². The first-order valence-electron chi connectivity index (χ1n) is 16.9. The molecular formula is C34H43N9O2S. The molecule has 242 valence electrons. The maximum atomic E-state index is 11.2. The minimum absolute atomic E-state index is 0.117. The molecule has 2 aliphatic heterocycles. The first-order chi connectivity index (χ1) is 22.1. The van der Waals surface area contributed by atoms with Crippen molar-refractivity contribution < 1.29 is 9.63 Å². The molecule has 12 heteroatoms. The third-order valence-electron chi connectivity index (χ3n) is 11.4. The summed E-state index contributed by atoms with van der Waals surface area (Å²) >= 11 is 1.55. The van der Waals surface area contributed by atoms with Crippen LogP contribution in [0.4, 0.5) is 10.8 Å². The van der Waals surface area contributed by atoms with Crippen molar-refractivity contribution in [2.75, 3.05) is 30.8 Å². The van der Waals surface area contributed by atoms with Crippen molar-refractivity contribution >= 4 is 33.2 Å². The molecule has 4 aromatic rings. The van der Waals surface area contributed by atoms with Gasteiger partial charge in [0.1, 0.15) is 16.9 Å². The standard InChI is InChI=1S/C34H43N9O2S/c1-19-11-14-33(3,44)18-42(19)31-23-17-37-43(20(2)24-9-7-15-41(24)4)32(23)39-30(38-31)27-21-8-5-12-34(28(21)45-40-27)13-6-10-25-26(34)22(16-35)29(36)46-25/h17,19-20,24,44H,5-15,18,36H2,1-4H3. The number of rotatable bonds is 4. The lowest BCUT2D eigenvalue weighted by Crippen LogP contribution is -2.50. The van der Waals surface area contributed by atoms with Gasteiger partial charge in [-0.1, -0.05) is 5.16 Å². The van der Waals surface area contributed by atoms with Crippen molar-refractivity contribution in [3.63, 3.8) is 0 Å². The van der Waals surface area contributed by atoms with Gasteiger partial charge in [0, 0.05) is 29.1 Å². The van der Waals surface area contributed by atoms with E-state index in [4.69, 9.17) is 30.5 Å². The minimum Gasteiger partial charge on any atom is -0.389 e. The fourth-order valence-corrected chi connectivity index (χ4v) is 10.2.